The monoisotopic (exact) mass is 298 g/mol. The van der Waals surface area contributed by atoms with Crippen LogP contribution < -0.4 is 10.0 Å². The van der Waals surface area contributed by atoms with E-state index in [-0.39, 0.29) is 5.03 Å². The van der Waals surface area contributed by atoms with Crippen molar-refractivity contribution in [2.75, 3.05) is 6.54 Å². The molecule has 6 nitrogen and oxygen atoms in total. The van der Waals surface area contributed by atoms with Crippen molar-refractivity contribution in [1.29, 1.82) is 0 Å². The Kier molecular flexibility index (Phi) is 4.09. The van der Waals surface area contributed by atoms with Crippen LogP contribution in [0.1, 0.15) is 44.1 Å². The third-order valence-electron chi connectivity index (χ3n) is 4.17. The number of nitrogens with zero attached hydrogens (tertiary/aromatic N) is 1. The zero-order valence-corrected chi connectivity index (χ0v) is 12.4. The van der Waals surface area contributed by atoms with E-state index in [1.54, 1.807) is 6.20 Å². The predicted octanol–water partition coefficient (Wildman–Crippen LogP) is 1.13. The maximum atomic E-state index is 12.3. The summed E-state index contributed by atoms with van der Waals surface area (Å²) in [5.41, 5.74) is 0.716. The summed E-state index contributed by atoms with van der Waals surface area (Å²) in [5.74, 6) is 0.704. The molecule has 0 saturated heterocycles. The molecule has 2 saturated carbocycles. The summed E-state index contributed by atoms with van der Waals surface area (Å²) >= 11 is 0. The molecule has 0 aliphatic heterocycles. The molecule has 2 aliphatic rings. The number of H-pyrrole nitrogens is 1. The highest BCUT2D eigenvalue weighted by Gasteiger charge is 2.25. The van der Waals surface area contributed by atoms with Crippen LogP contribution in [0.5, 0.6) is 0 Å². The van der Waals surface area contributed by atoms with Crippen molar-refractivity contribution < 1.29 is 8.42 Å². The number of sulfonamides is 1. The minimum atomic E-state index is -3.46. The van der Waals surface area contributed by atoms with Gasteiger partial charge in [-0.3, -0.25) is 5.10 Å². The molecule has 7 heteroatoms. The van der Waals surface area contributed by atoms with E-state index in [0.717, 1.165) is 6.42 Å². The van der Waals surface area contributed by atoms with Crippen LogP contribution in [0.2, 0.25) is 0 Å². The SMILES string of the molecule is O=S(=O)(NCCC1CCC1)c1[nH]ncc1CNC1CC1. The fourth-order valence-electron chi connectivity index (χ4n) is 2.45. The van der Waals surface area contributed by atoms with Crippen LogP contribution in [-0.2, 0) is 16.6 Å². The molecule has 2 aliphatic carbocycles. The van der Waals surface area contributed by atoms with E-state index in [4.69, 9.17) is 0 Å². The molecular weight excluding hydrogens is 276 g/mol. The van der Waals surface area contributed by atoms with Crippen LogP contribution in [0.25, 0.3) is 0 Å². The Morgan fingerprint density at radius 2 is 2.10 bits per heavy atom. The van der Waals surface area contributed by atoms with Gasteiger partial charge in [-0.2, -0.15) is 5.10 Å². The third-order valence-corrected chi connectivity index (χ3v) is 5.65. The molecule has 0 atom stereocenters. The molecule has 112 valence electrons. The summed E-state index contributed by atoms with van der Waals surface area (Å²) in [4.78, 5) is 0. The summed E-state index contributed by atoms with van der Waals surface area (Å²) in [6.45, 7) is 1.07. The first-order valence-electron chi connectivity index (χ1n) is 7.40. The number of aromatic amines is 1. The lowest BCUT2D eigenvalue weighted by atomic mass is 9.83. The Morgan fingerprint density at radius 1 is 1.30 bits per heavy atom. The van der Waals surface area contributed by atoms with Gasteiger partial charge in [-0.25, -0.2) is 13.1 Å². The number of hydrogen-bond donors (Lipinski definition) is 3. The van der Waals surface area contributed by atoms with Crippen molar-refractivity contribution in [3.05, 3.63) is 11.8 Å². The van der Waals surface area contributed by atoms with Crippen molar-refractivity contribution in [3.8, 4) is 0 Å². The first-order valence-corrected chi connectivity index (χ1v) is 8.89. The summed E-state index contributed by atoms with van der Waals surface area (Å²) in [6, 6.07) is 0.548. The number of rotatable bonds is 8. The molecule has 0 spiro atoms. The fourth-order valence-corrected chi connectivity index (χ4v) is 3.62. The highest BCUT2D eigenvalue weighted by atomic mass is 32.2. The normalized spacial score (nSPS) is 20.0. The van der Waals surface area contributed by atoms with E-state index in [2.05, 4.69) is 20.2 Å². The van der Waals surface area contributed by atoms with E-state index >= 15 is 0 Å². The molecule has 0 radical (unpaired) electrons. The lowest BCUT2D eigenvalue weighted by molar-refractivity contribution is 0.297. The van der Waals surface area contributed by atoms with E-state index in [1.807, 2.05) is 0 Å². The largest absolute Gasteiger partial charge is 0.310 e. The fraction of sp³-hybridized carbons (Fsp3) is 0.769. The Balaban J connectivity index is 1.55. The van der Waals surface area contributed by atoms with Gasteiger partial charge in [-0.05, 0) is 25.2 Å². The number of aromatic nitrogens is 2. The second-order valence-corrected chi connectivity index (χ2v) is 7.57. The molecule has 20 heavy (non-hydrogen) atoms. The highest BCUT2D eigenvalue weighted by molar-refractivity contribution is 7.89. The first-order chi connectivity index (χ1) is 9.65. The summed E-state index contributed by atoms with van der Waals surface area (Å²) in [5, 5.41) is 10.0. The maximum absolute atomic E-state index is 12.3. The molecule has 1 aromatic rings. The van der Waals surface area contributed by atoms with Crippen molar-refractivity contribution >= 4 is 10.0 Å². The first kappa shape index (κ1) is 14.0. The van der Waals surface area contributed by atoms with Crippen LogP contribution >= 0.6 is 0 Å². The van der Waals surface area contributed by atoms with E-state index in [9.17, 15) is 8.42 Å². The van der Waals surface area contributed by atoms with Gasteiger partial charge in [0.15, 0.2) is 5.03 Å². The predicted molar refractivity (Wildman–Crippen MR) is 75.6 cm³/mol. The lowest BCUT2D eigenvalue weighted by Crippen LogP contribution is -2.29. The molecule has 1 aromatic heterocycles. The van der Waals surface area contributed by atoms with E-state index < -0.39 is 10.0 Å². The van der Waals surface area contributed by atoms with Crippen LogP contribution in [0.3, 0.4) is 0 Å². The smallest absolute Gasteiger partial charge is 0.257 e. The minimum Gasteiger partial charge on any atom is -0.310 e. The van der Waals surface area contributed by atoms with Crippen LogP contribution in [0, 0.1) is 5.92 Å². The molecule has 0 bridgehead atoms. The molecular formula is C13H22N4O2S. The van der Waals surface area contributed by atoms with Gasteiger partial charge in [0.1, 0.15) is 0 Å². The highest BCUT2D eigenvalue weighted by Crippen LogP contribution is 2.29. The average Bonchev–Trinajstić information content (AvgIpc) is 3.06. The Bertz CT molecular complexity index is 546. The number of hydrogen-bond acceptors (Lipinski definition) is 4. The minimum absolute atomic E-state index is 0.208. The van der Waals surface area contributed by atoms with E-state index in [0.29, 0.717) is 30.6 Å². The Morgan fingerprint density at radius 3 is 2.75 bits per heavy atom. The van der Waals surface area contributed by atoms with Gasteiger partial charge in [0, 0.05) is 24.7 Å². The summed E-state index contributed by atoms with van der Waals surface area (Å²) in [6.07, 6.45) is 8.65. The van der Waals surface area contributed by atoms with Gasteiger partial charge < -0.3 is 5.32 Å². The molecule has 0 unspecified atom stereocenters. The van der Waals surface area contributed by atoms with Gasteiger partial charge in [0.25, 0.3) is 10.0 Å². The summed E-state index contributed by atoms with van der Waals surface area (Å²) < 4.78 is 27.2. The number of nitrogens with one attached hydrogen (secondary N) is 3. The molecule has 2 fully saturated rings. The van der Waals surface area contributed by atoms with Crippen molar-refractivity contribution in [3.63, 3.8) is 0 Å². The van der Waals surface area contributed by atoms with Crippen LogP contribution in [0.4, 0.5) is 0 Å². The zero-order valence-electron chi connectivity index (χ0n) is 11.6. The topological polar surface area (TPSA) is 86.9 Å². The maximum Gasteiger partial charge on any atom is 0.257 e. The lowest BCUT2D eigenvalue weighted by Gasteiger charge is -2.25. The van der Waals surface area contributed by atoms with Gasteiger partial charge in [-0.15, -0.1) is 0 Å². The van der Waals surface area contributed by atoms with Crippen LogP contribution in [-0.4, -0.2) is 31.2 Å². The van der Waals surface area contributed by atoms with Gasteiger partial charge in [0.2, 0.25) is 0 Å². The van der Waals surface area contributed by atoms with Gasteiger partial charge in [-0.1, -0.05) is 19.3 Å². The van der Waals surface area contributed by atoms with Crippen molar-refractivity contribution in [1.82, 2.24) is 20.2 Å². The third kappa shape index (κ3) is 3.39. The van der Waals surface area contributed by atoms with Gasteiger partial charge >= 0.3 is 0 Å². The van der Waals surface area contributed by atoms with E-state index in [1.165, 1.54) is 32.1 Å². The molecule has 3 N–H and O–H groups in total. The standard InChI is InChI=1S/C13H22N4O2S/c18-20(19,16-7-6-10-2-1-3-10)13-11(9-15-17-13)8-14-12-4-5-12/h9-10,12,14,16H,1-8H2,(H,15,17). The van der Waals surface area contributed by atoms with Crippen molar-refractivity contribution in [2.24, 2.45) is 5.92 Å². The summed E-state index contributed by atoms with van der Waals surface area (Å²) in [7, 11) is -3.46. The second-order valence-electron chi connectivity index (χ2n) is 5.86. The molecule has 0 amide bonds. The van der Waals surface area contributed by atoms with Gasteiger partial charge in [0.05, 0.1) is 6.20 Å². The second kappa shape index (κ2) is 5.83. The van der Waals surface area contributed by atoms with Crippen molar-refractivity contribution in [2.45, 2.75) is 56.1 Å². The average molecular weight is 298 g/mol. The Labute approximate surface area is 119 Å². The quantitative estimate of drug-likeness (QED) is 0.671. The molecule has 3 rings (SSSR count). The zero-order chi connectivity index (χ0) is 14.0. The van der Waals surface area contributed by atoms with Crippen LogP contribution in [0.15, 0.2) is 11.2 Å². The Hall–Kier alpha value is -0.920. The molecule has 0 aromatic carbocycles. The molecule has 1 heterocycles.